The number of hydrogen-bond donors (Lipinski definition) is 2. The van der Waals surface area contributed by atoms with E-state index in [-0.39, 0.29) is 24.0 Å². The fraction of sp³-hybridized carbons (Fsp3) is 0.476. The summed E-state index contributed by atoms with van der Waals surface area (Å²) in [4.78, 5) is 6.54. The molecule has 0 aliphatic rings. The SMILES string of the molecule is CN=C(NCCCCN(C)c1ccccc1)NCCCOCc1ccco1.I. The van der Waals surface area contributed by atoms with Gasteiger partial charge in [-0.1, -0.05) is 18.2 Å². The van der Waals surface area contributed by atoms with E-state index in [1.807, 2.05) is 18.2 Å². The molecule has 0 atom stereocenters. The molecule has 0 bridgehead atoms. The molecule has 7 heteroatoms. The van der Waals surface area contributed by atoms with Gasteiger partial charge in [-0.2, -0.15) is 0 Å². The molecule has 2 rings (SSSR count). The van der Waals surface area contributed by atoms with Gasteiger partial charge in [0.1, 0.15) is 12.4 Å². The molecule has 1 heterocycles. The lowest BCUT2D eigenvalue weighted by Gasteiger charge is -2.19. The first-order valence-electron chi connectivity index (χ1n) is 9.60. The van der Waals surface area contributed by atoms with Crippen LogP contribution in [0.5, 0.6) is 0 Å². The average molecular weight is 500 g/mol. The van der Waals surface area contributed by atoms with E-state index >= 15 is 0 Å². The lowest BCUT2D eigenvalue weighted by atomic mass is 10.2. The molecule has 0 spiro atoms. The number of ether oxygens (including phenoxy) is 1. The van der Waals surface area contributed by atoms with Crippen LogP contribution < -0.4 is 15.5 Å². The summed E-state index contributed by atoms with van der Waals surface area (Å²) >= 11 is 0. The Morgan fingerprint density at radius 2 is 1.79 bits per heavy atom. The van der Waals surface area contributed by atoms with E-state index in [1.54, 1.807) is 13.3 Å². The molecule has 156 valence electrons. The zero-order chi connectivity index (χ0) is 19.2. The van der Waals surface area contributed by atoms with Crippen LogP contribution in [0, 0.1) is 0 Å². The monoisotopic (exact) mass is 500 g/mol. The van der Waals surface area contributed by atoms with Gasteiger partial charge in [0.05, 0.1) is 6.26 Å². The Hall–Kier alpha value is -1.74. The predicted octanol–water partition coefficient (Wildman–Crippen LogP) is 3.89. The molecule has 1 aromatic carbocycles. The highest BCUT2D eigenvalue weighted by Gasteiger charge is 2.01. The van der Waals surface area contributed by atoms with Crippen LogP contribution in [-0.4, -0.2) is 46.3 Å². The molecule has 1 aromatic heterocycles. The first-order valence-corrected chi connectivity index (χ1v) is 9.60. The van der Waals surface area contributed by atoms with Crippen molar-refractivity contribution in [1.29, 1.82) is 0 Å². The molecule has 0 radical (unpaired) electrons. The van der Waals surface area contributed by atoms with E-state index < -0.39 is 0 Å². The van der Waals surface area contributed by atoms with Crippen molar-refractivity contribution in [1.82, 2.24) is 10.6 Å². The van der Waals surface area contributed by atoms with Crippen molar-refractivity contribution < 1.29 is 9.15 Å². The Kier molecular flexibility index (Phi) is 13.2. The van der Waals surface area contributed by atoms with Gasteiger partial charge < -0.3 is 24.7 Å². The third-order valence-corrected chi connectivity index (χ3v) is 4.22. The van der Waals surface area contributed by atoms with E-state index in [4.69, 9.17) is 9.15 Å². The lowest BCUT2D eigenvalue weighted by Crippen LogP contribution is -2.38. The van der Waals surface area contributed by atoms with Crippen molar-refractivity contribution in [2.24, 2.45) is 4.99 Å². The molecule has 0 aliphatic carbocycles. The number of aliphatic imine (C=N–C) groups is 1. The van der Waals surface area contributed by atoms with Crippen molar-refractivity contribution in [3.8, 4) is 0 Å². The van der Waals surface area contributed by atoms with E-state index in [0.717, 1.165) is 50.6 Å². The molecule has 0 saturated heterocycles. The van der Waals surface area contributed by atoms with Crippen LogP contribution in [0.15, 0.2) is 58.1 Å². The summed E-state index contributed by atoms with van der Waals surface area (Å²) in [7, 11) is 3.93. The van der Waals surface area contributed by atoms with Crippen molar-refractivity contribution in [2.45, 2.75) is 25.9 Å². The highest BCUT2D eigenvalue weighted by Crippen LogP contribution is 2.11. The molecule has 28 heavy (non-hydrogen) atoms. The Balaban J connectivity index is 0.00000392. The minimum Gasteiger partial charge on any atom is -0.467 e. The molecule has 0 amide bonds. The highest BCUT2D eigenvalue weighted by atomic mass is 127. The Bertz CT molecular complexity index is 635. The van der Waals surface area contributed by atoms with Gasteiger partial charge in [-0.15, -0.1) is 24.0 Å². The summed E-state index contributed by atoms with van der Waals surface area (Å²) < 4.78 is 10.8. The minimum atomic E-state index is 0. The smallest absolute Gasteiger partial charge is 0.190 e. The Morgan fingerprint density at radius 3 is 2.46 bits per heavy atom. The van der Waals surface area contributed by atoms with E-state index in [2.05, 4.69) is 51.8 Å². The Labute approximate surface area is 185 Å². The van der Waals surface area contributed by atoms with E-state index in [0.29, 0.717) is 13.2 Å². The zero-order valence-corrected chi connectivity index (χ0v) is 19.2. The van der Waals surface area contributed by atoms with Gasteiger partial charge in [-0.3, -0.25) is 4.99 Å². The second kappa shape index (κ2) is 15.2. The largest absolute Gasteiger partial charge is 0.467 e. The number of nitrogens with one attached hydrogen (secondary N) is 2. The molecule has 0 aliphatic heterocycles. The van der Waals surface area contributed by atoms with Gasteiger partial charge in [-0.25, -0.2) is 0 Å². The van der Waals surface area contributed by atoms with Gasteiger partial charge in [0.25, 0.3) is 0 Å². The first kappa shape index (κ1) is 24.3. The fourth-order valence-electron chi connectivity index (χ4n) is 2.66. The molecule has 0 fully saturated rings. The van der Waals surface area contributed by atoms with Gasteiger partial charge in [0, 0.05) is 46.0 Å². The zero-order valence-electron chi connectivity index (χ0n) is 16.9. The summed E-state index contributed by atoms with van der Waals surface area (Å²) in [5, 5.41) is 6.67. The van der Waals surface area contributed by atoms with Crippen LogP contribution in [-0.2, 0) is 11.3 Å². The third-order valence-electron chi connectivity index (χ3n) is 4.22. The number of guanidine groups is 1. The Morgan fingerprint density at radius 1 is 1.04 bits per heavy atom. The molecule has 2 N–H and O–H groups in total. The molecule has 2 aromatic rings. The van der Waals surface area contributed by atoms with Crippen molar-refractivity contribution in [2.75, 3.05) is 45.2 Å². The van der Waals surface area contributed by atoms with Crippen molar-refractivity contribution in [3.05, 3.63) is 54.5 Å². The predicted molar refractivity (Wildman–Crippen MR) is 127 cm³/mol. The number of halogens is 1. The van der Waals surface area contributed by atoms with E-state index in [9.17, 15) is 0 Å². The van der Waals surface area contributed by atoms with Crippen LogP contribution in [0.1, 0.15) is 25.0 Å². The van der Waals surface area contributed by atoms with Crippen LogP contribution in [0.2, 0.25) is 0 Å². The maximum absolute atomic E-state index is 5.57. The maximum atomic E-state index is 5.57. The van der Waals surface area contributed by atoms with Gasteiger partial charge >= 0.3 is 0 Å². The molecule has 0 saturated carbocycles. The topological polar surface area (TPSA) is 62.0 Å². The second-order valence-electron chi connectivity index (χ2n) is 6.38. The average Bonchev–Trinajstić information content (AvgIpc) is 3.22. The summed E-state index contributed by atoms with van der Waals surface area (Å²) in [6.45, 7) is 4.00. The summed E-state index contributed by atoms with van der Waals surface area (Å²) in [6, 6.07) is 14.3. The second-order valence-corrected chi connectivity index (χ2v) is 6.38. The number of nitrogens with zero attached hydrogens (tertiary/aromatic N) is 2. The first-order chi connectivity index (χ1) is 13.3. The van der Waals surface area contributed by atoms with Crippen LogP contribution in [0.25, 0.3) is 0 Å². The van der Waals surface area contributed by atoms with Crippen molar-refractivity contribution >= 4 is 35.6 Å². The number of benzene rings is 1. The summed E-state index contributed by atoms with van der Waals surface area (Å²) in [5.41, 5.74) is 1.26. The highest BCUT2D eigenvalue weighted by molar-refractivity contribution is 14.0. The van der Waals surface area contributed by atoms with Crippen LogP contribution in [0.3, 0.4) is 0 Å². The summed E-state index contributed by atoms with van der Waals surface area (Å²) in [5.74, 6) is 1.70. The number of furan rings is 1. The number of rotatable bonds is 12. The molecular formula is C21H33IN4O2. The van der Waals surface area contributed by atoms with Gasteiger partial charge in [-0.05, 0) is 43.5 Å². The quantitative estimate of drug-likeness (QED) is 0.201. The summed E-state index contributed by atoms with van der Waals surface area (Å²) in [6.07, 6.45) is 4.82. The van der Waals surface area contributed by atoms with Gasteiger partial charge in [0.15, 0.2) is 5.96 Å². The molecule has 0 unspecified atom stereocenters. The minimum absolute atomic E-state index is 0. The third kappa shape index (κ3) is 9.98. The van der Waals surface area contributed by atoms with Crippen LogP contribution >= 0.6 is 24.0 Å². The van der Waals surface area contributed by atoms with Crippen molar-refractivity contribution in [3.63, 3.8) is 0 Å². The normalized spacial score (nSPS) is 11.0. The molecule has 6 nitrogen and oxygen atoms in total. The molecular weight excluding hydrogens is 467 g/mol. The number of anilines is 1. The van der Waals surface area contributed by atoms with Crippen LogP contribution in [0.4, 0.5) is 5.69 Å². The van der Waals surface area contributed by atoms with Gasteiger partial charge in [0.2, 0.25) is 0 Å². The number of para-hydroxylation sites is 1. The fourth-order valence-corrected chi connectivity index (χ4v) is 2.66. The van der Waals surface area contributed by atoms with E-state index in [1.165, 1.54) is 5.69 Å². The maximum Gasteiger partial charge on any atom is 0.190 e. The number of unbranched alkanes of at least 4 members (excludes halogenated alkanes) is 1. The lowest BCUT2D eigenvalue weighted by molar-refractivity contribution is 0.105. The number of hydrogen-bond acceptors (Lipinski definition) is 4. The standard InChI is InChI=1S/C21H32N4O2.HI/c1-22-21(24-14-9-16-26-18-20-12-8-17-27-20)23-13-6-7-15-25(2)19-10-4-3-5-11-19;/h3-5,8,10-12,17H,6-7,9,13-16,18H2,1-2H3,(H2,22,23,24);1H.